The van der Waals surface area contributed by atoms with Crippen molar-refractivity contribution in [2.24, 2.45) is 0 Å². The molecule has 4 rings (SSSR count). The van der Waals surface area contributed by atoms with E-state index in [1.54, 1.807) is 0 Å². The molecule has 6 heteroatoms. The molecule has 0 aliphatic heterocycles. The molecule has 21 heavy (non-hydrogen) atoms. The molecule has 2 N–H and O–H groups in total. The van der Waals surface area contributed by atoms with Crippen molar-refractivity contribution in [3.05, 3.63) is 53.8 Å². The second kappa shape index (κ2) is 4.71. The van der Waals surface area contributed by atoms with Gasteiger partial charge in [0.2, 0.25) is 0 Å². The molecule has 0 saturated carbocycles. The highest BCUT2D eigenvalue weighted by molar-refractivity contribution is 6.33. The summed E-state index contributed by atoms with van der Waals surface area (Å²) in [6, 6.07) is 13.6. The Hall–Kier alpha value is -2.66. The number of hydrogen-bond acceptors (Lipinski definition) is 3. The monoisotopic (exact) mass is 295 g/mol. The van der Waals surface area contributed by atoms with E-state index in [4.69, 9.17) is 11.6 Å². The van der Waals surface area contributed by atoms with Gasteiger partial charge in [-0.15, -0.1) is 0 Å². The molecule has 0 aliphatic rings. The lowest BCUT2D eigenvalue weighted by molar-refractivity contribution is 1.10. The summed E-state index contributed by atoms with van der Waals surface area (Å²) < 4.78 is 0. The first-order valence-corrected chi connectivity index (χ1v) is 6.79. The molecule has 2 aromatic heterocycles. The Labute approximate surface area is 125 Å². The van der Waals surface area contributed by atoms with Gasteiger partial charge in [-0.1, -0.05) is 29.8 Å². The van der Waals surface area contributed by atoms with Gasteiger partial charge in [0, 0.05) is 16.5 Å². The van der Waals surface area contributed by atoms with Crippen LogP contribution in [0, 0.1) is 0 Å². The first-order valence-electron chi connectivity index (χ1n) is 6.42. The van der Waals surface area contributed by atoms with Crippen LogP contribution < -0.4 is 0 Å². The van der Waals surface area contributed by atoms with E-state index in [2.05, 4.69) is 25.4 Å². The van der Waals surface area contributed by atoms with Crippen molar-refractivity contribution in [2.75, 3.05) is 0 Å². The van der Waals surface area contributed by atoms with E-state index in [1.807, 2.05) is 42.5 Å². The van der Waals surface area contributed by atoms with Crippen LogP contribution in [-0.2, 0) is 0 Å². The van der Waals surface area contributed by atoms with Gasteiger partial charge < -0.3 is 0 Å². The summed E-state index contributed by atoms with van der Waals surface area (Å²) in [6.45, 7) is 0. The fourth-order valence-electron chi connectivity index (χ4n) is 2.36. The third-order valence-electron chi connectivity index (χ3n) is 3.38. The molecule has 4 aromatic rings. The maximum Gasteiger partial charge on any atom is 0.155 e. The molecule has 0 unspecified atom stereocenters. The van der Waals surface area contributed by atoms with E-state index < -0.39 is 0 Å². The Balaban J connectivity index is 1.95. The van der Waals surface area contributed by atoms with Crippen molar-refractivity contribution < 1.29 is 0 Å². The summed E-state index contributed by atoms with van der Waals surface area (Å²) in [7, 11) is 0. The standard InChI is InChI=1S/C15H10ClN5/c16-12-4-2-1-3-10(12)14-11-7-9(15-17-8-18-21-15)5-6-13(11)19-20-14/h1-8H,(H,19,20)(H,17,18,21). The minimum Gasteiger partial charge on any atom is -0.277 e. The number of fused-ring (bicyclic) bond motifs is 1. The van der Waals surface area contributed by atoms with Gasteiger partial charge in [0.1, 0.15) is 12.0 Å². The number of benzene rings is 2. The number of halogens is 1. The SMILES string of the molecule is Clc1ccccc1-c1n[nH]c2ccc(-c3ncn[nH]3)cc12. The second-order valence-electron chi connectivity index (χ2n) is 4.65. The highest BCUT2D eigenvalue weighted by atomic mass is 35.5. The summed E-state index contributed by atoms with van der Waals surface area (Å²) in [5.41, 5.74) is 3.64. The zero-order valence-corrected chi connectivity index (χ0v) is 11.6. The number of aromatic amines is 2. The molecule has 0 aliphatic carbocycles. The molecule has 0 saturated heterocycles. The summed E-state index contributed by atoms with van der Waals surface area (Å²) in [4.78, 5) is 4.17. The molecule has 0 atom stereocenters. The fraction of sp³-hybridized carbons (Fsp3) is 0. The van der Waals surface area contributed by atoms with Crippen molar-refractivity contribution in [3.8, 4) is 22.6 Å². The number of rotatable bonds is 2. The average Bonchev–Trinajstić information content (AvgIpc) is 3.17. The normalized spacial score (nSPS) is 11.1. The maximum atomic E-state index is 6.27. The zero-order chi connectivity index (χ0) is 14.2. The molecule has 0 radical (unpaired) electrons. The minimum absolute atomic E-state index is 0.677. The molecule has 0 spiro atoms. The van der Waals surface area contributed by atoms with E-state index in [0.29, 0.717) is 5.02 Å². The Kier molecular flexibility index (Phi) is 2.72. The van der Waals surface area contributed by atoms with Crippen LogP contribution in [0.3, 0.4) is 0 Å². The third kappa shape index (κ3) is 1.98. The average molecular weight is 296 g/mol. The summed E-state index contributed by atoms with van der Waals surface area (Å²) >= 11 is 6.27. The Bertz CT molecular complexity index is 911. The van der Waals surface area contributed by atoms with Crippen LogP contribution in [0.25, 0.3) is 33.5 Å². The Morgan fingerprint density at radius 3 is 2.71 bits per heavy atom. The molecule has 0 fully saturated rings. The van der Waals surface area contributed by atoms with Gasteiger partial charge in [-0.2, -0.15) is 10.2 Å². The summed E-state index contributed by atoms with van der Waals surface area (Å²) in [5, 5.41) is 15.8. The van der Waals surface area contributed by atoms with E-state index in [9.17, 15) is 0 Å². The molecule has 0 bridgehead atoms. The van der Waals surface area contributed by atoms with Crippen LogP contribution >= 0.6 is 11.6 Å². The van der Waals surface area contributed by atoms with E-state index in [-0.39, 0.29) is 0 Å². The van der Waals surface area contributed by atoms with Crippen LogP contribution in [0.5, 0.6) is 0 Å². The van der Waals surface area contributed by atoms with Gasteiger partial charge in [-0.25, -0.2) is 4.98 Å². The number of H-pyrrole nitrogens is 2. The lowest BCUT2D eigenvalue weighted by Crippen LogP contribution is -1.83. The van der Waals surface area contributed by atoms with E-state index in [0.717, 1.165) is 33.5 Å². The first kappa shape index (κ1) is 12.1. The van der Waals surface area contributed by atoms with Crippen LogP contribution in [0.2, 0.25) is 5.02 Å². The highest BCUT2D eigenvalue weighted by Crippen LogP contribution is 2.33. The van der Waals surface area contributed by atoms with Gasteiger partial charge in [-0.3, -0.25) is 10.2 Å². The predicted octanol–water partition coefficient (Wildman–Crippen LogP) is 3.67. The van der Waals surface area contributed by atoms with Gasteiger partial charge in [-0.05, 0) is 24.3 Å². The van der Waals surface area contributed by atoms with Gasteiger partial charge in [0.25, 0.3) is 0 Å². The van der Waals surface area contributed by atoms with Gasteiger partial charge >= 0.3 is 0 Å². The van der Waals surface area contributed by atoms with Crippen molar-refractivity contribution in [1.82, 2.24) is 25.4 Å². The smallest absolute Gasteiger partial charge is 0.155 e. The Morgan fingerprint density at radius 2 is 1.90 bits per heavy atom. The van der Waals surface area contributed by atoms with Gasteiger partial charge in [0.05, 0.1) is 10.5 Å². The van der Waals surface area contributed by atoms with Crippen molar-refractivity contribution >= 4 is 22.5 Å². The predicted molar refractivity (Wildman–Crippen MR) is 81.9 cm³/mol. The quantitative estimate of drug-likeness (QED) is 0.593. The van der Waals surface area contributed by atoms with E-state index in [1.165, 1.54) is 6.33 Å². The number of nitrogens with zero attached hydrogens (tertiary/aromatic N) is 3. The van der Waals surface area contributed by atoms with Crippen molar-refractivity contribution in [2.45, 2.75) is 0 Å². The maximum absolute atomic E-state index is 6.27. The number of nitrogens with one attached hydrogen (secondary N) is 2. The van der Waals surface area contributed by atoms with Crippen LogP contribution in [0.4, 0.5) is 0 Å². The lowest BCUT2D eigenvalue weighted by atomic mass is 10.1. The second-order valence-corrected chi connectivity index (χ2v) is 5.05. The van der Waals surface area contributed by atoms with E-state index >= 15 is 0 Å². The lowest BCUT2D eigenvalue weighted by Gasteiger charge is -2.02. The molecule has 102 valence electrons. The summed E-state index contributed by atoms with van der Waals surface area (Å²) in [5.74, 6) is 0.725. The topological polar surface area (TPSA) is 70.2 Å². The highest BCUT2D eigenvalue weighted by Gasteiger charge is 2.12. The zero-order valence-electron chi connectivity index (χ0n) is 10.8. The molecule has 2 aromatic carbocycles. The van der Waals surface area contributed by atoms with Crippen molar-refractivity contribution in [1.29, 1.82) is 0 Å². The number of aromatic nitrogens is 5. The molecular formula is C15H10ClN5. The molecular weight excluding hydrogens is 286 g/mol. The molecule has 5 nitrogen and oxygen atoms in total. The number of hydrogen-bond donors (Lipinski definition) is 2. The largest absolute Gasteiger partial charge is 0.277 e. The van der Waals surface area contributed by atoms with Crippen LogP contribution in [-0.4, -0.2) is 25.4 Å². The third-order valence-corrected chi connectivity index (χ3v) is 3.71. The van der Waals surface area contributed by atoms with Gasteiger partial charge in [0.15, 0.2) is 5.82 Å². The van der Waals surface area contributed by atoms with Crippen LogP contribution in [0.1, 0.15) is 0 Å². The van der Waals surface area contributed by atoms with Crippen molar-refractivity contribution in [3.63, 3.8) is 0 Å². The fourth-order valence-corrected chi connectivity index (χ4v) is 2.59. The molecule has 0 amide bonds. The minimum atomic E-state index is 0.677. The first-order chi connectivity index (χ1) is 10.3. The van der Waals surface area contributed by atoms with Crippen LogP contribution in [0.15, 0.2) is 48.8 Å². The Morgan fingerprint density at radius 1 is 1.00 bits per heavy atom. The summed E-state index contributed by atoms with van der Waals surface area (Å²) in [6.07, 6.45) is 1.49. The molecule has 2 heterocycles.